The van der Waals surface area contributed by atoms with E-state index in [1.165, 1.54) is 19.5 Å². The third kappa shape index (κ3) is 6.71. The van der Waals surface area contributed by atoms with Crippen LogP contribution in [0.5, 0.6) is 0 Å². The monoisotopic (exact) mass is 466 g/mol. The Kier molecular flexibility index (Phi) is 8.31. The van der Waals surface area contributed by atoms with Crippen LogP contribution in [0.3, 0.4) is 0 Å². The Morgan fingerprint density at radius 3 is 1.52 bits per heavy atom. The number of fused-ring (bicyclic) bond motifs is 2. The van der Waals surface area contributed by atoms with Crippen molar-refractivity contribution in [1.82, 2.24) is 19.6 Å². The second-order valence-electron chi connectivity index (χ2n) is 13.6. The summed E-state index contributed by atoms with van der Waals surface area (Å²) in [6, 6.07) is 1.35. The van der Waals surface area contributed by atoms with Crippen LogP contribution in [0.4, 0.5) is 0 Å². The minimum absolute atomic E-state index is 0.0160. The number of likely N-dealkylation sites (tertiary alicyclic amines) is 2. The van der Waals surface area contributed by atoms with E-state index in [1.54, 1.807) is 0 Å². The average Bonchev–Trinajstić information content (AvgIpc) is 3.29. The van der Waals surface area contributed by atoms with Crippen molar-refractivity contribution in [3.8, 4) is 0 Å². The Labute approximate surface area is 204 Å². The van der Waals surface area contributed by atoms with Gasteiger partial charge in [0.2, 0.25) is 0 Å². The maximum atomic E-state index is 6.61. The second-order valence-corrected chi connectivity index (χ2v) is 13.6. The van der Waals surface area contributed by atoms with Gasteiger partial charge in [0.15, 0.2) is 0 Å². The summed E-state index contributed by atoms with van der Waals surface area (Å²) in [5.74, 6) is 0. The predicted molar refractivity (Wildman–Crippen MR) is 138 cm³/mol. The van der Waals surface area contributed by atoms with E-state index >= 15 is 0 Å². The van der Waals surface area contributed by atoms with E-state index in [0.717, 1.165) is 52.5 Å². The first kappa shape index (κ1) is 27.3. The van der Waals surface area contributed by atoms with Crippen LogP contribution in [-0.4, -0.2) is 120 Å². The highest BCUT2D eigenvalue weighted by Gasteiger charge is 2.54. The zero-order valence-corrected chi connectivity index (χ0v) is 23.5. The molecule has 0 aliphatic carbocycles. The summed E-state index contributed by atoms with van der Waals surface area (Å²) in [6.45, 7) is 33.4. The van der Waals surface area contributed by atoms with Gasteiger partial charge in [-0.05, 0) is 75.7 Å². The van der Waals surface area contributed by atoms with Crippen LogP contribution in [0.25, 0.3) is 0 Å². The van der Waals surface area contributed by atoms with E-state index in [4.69, 9.17) is 9.47 Å². The van der Waals surface area contributed by atoms with Gasteiger partial charge in [0.05, 0.1) is 24.4 Å². The molecule has 3 aliphatic heterocycles. The fourth-order valence-corrected chi connectivity index (χ4v) is 5.84. The van der Waals surface area contributed by atoms with Gasteiger partial charge >= 0.3 is 0 Å². The first-order valence-electron chi connectivity index (χ1n) is 13.4. The molecule has 2 atom stereocenters. The van der Waals surface area contributed by atoms with Gasteiger partial charge in [-0.2, -0.15) is 0 Å². The molecular formula is C27H54N4O2. The van der Waals surface area contributed by atoms with Gasteiger partial charge in [0, 0.05) is 75.5 Å². The summed E-state index contributed by atoms with van der Waals surface area (Å²) in [5.41, 5.74) is 0.0595. The predicted octanol–water partition coefficient (Wildman–Crippen LogP) is 3.55. The molecule has 6 nitrogen and oxygen atoms in total. The molecule has 0 saturated carbocycles. The molecule has 0 aromatic heterocycles. The van der Waals surface area contributed by atoms with Crippen LogP contribution in [0.2, 0.25) is 0 Å². The zero-order valence-electron chi connectivity index (χ0n) is 23.5. The van der Waals surface area contributed by atoms with Gasteiger partial charge in [-0.1, -0.05) is 0 Å². The second kappa shape index (κ2) is 10.0. The minimum atomic E-state index is -0.184. The van der Waals surface area contributed by atoms with Crippen LogP contribution in [0.1, 0.15) is 75.7 Å². The number of rotatable bonds is 9. The van der Waals surface area contributed by atoms with Crippen molar-refractivity contribution in [3.63, 3.8) is 0 Å². The van der Waals surface area contributed by atoms with E-state index in [9.17, 15) is 0 Å². The van der Waals surface area contributed by atoms with Gasteiger partial charge in [-0.15, -0.1) is 0 Å². The summed E-state index contributed by atoms with van der Waals surface area (Å²) in [7, 11) is 0. The Morgan fingerprint density at radius 2 is 1.09 bits per heavy atom. The summed E-state index contributed by atoms with van der Waals surface area (Å²) < 4.78 is 12.5. The summed E-state index contributed by atoms with van der Waals surface area (Å²) in [4.78, 5) is 10.5. The molecule has 3 fully saturated rings. The lowest BCUT2D eigenvalue weighted by molar-refractivity contribution is -0.136. The molecule has 194 valence electrons. The first-order chi connectivity index (χ1) is 15.1. The molecule has 33 heavy (non-hydrogen) atoms. The van der Waals surface area contributed by atoms with E-state index in [1.807, 2.05) is 0 Å². The van der Waals surface area contributed by atoms with Gasteiger partial charge in [-0.3, -0.25) is 19.6 Å². The molecule has 3 saturated heterocycles. The fourth-order valence-electron chi connectivity index (χ4n) is 5.84. The van der Waals surface area contributed by atoms with Crippen molar-refractivity contribution in [1.29, 1.82) is 0 Å². The lowest BCUT2D eigenvalue weighted by atomic mass is 9.83. The van der Waals surface area contributed by atoms with E-state index in [0.29, 0.717) is 12.1 Å². The molecule has 3 heterocycles. The van der Waals surface area contributed by atoms with Crippen LogP contribution in [0, 0.1) is 0 Å². The molecule has 0 amide bonds. The fraction of sp³-hybridized carbons (Fsp3) is 1.00. The van der Waals surface area contributed by atoms with Crippen LogP contribution < -0.4 is 0 Å². The molecule has 3 rings (SSSR count). The molecule has 3 aliphatic rings. The van der Waals surface area contributed by atoms with Crippen LogP contribution >= 0.6 is 0 Å². The number of hydrogen-bond acceptors (Lipinski definition) is 6. The maximum absolute atomic E-state index is 6.61. The number of nitrogens with zero attached hydrogens (tertiary/aromatic N) is 4. The third-order valence-corrected chi connectivity index (χ3v) is 8.57. The Morgan fingerprint density at radius 1 is 0.636 bits per heavy atom. The standard InChI is InChI=1S/C27H54N4O2/c1-24(2,3)30-20-23-19-22(30)21-31(23)26(7,8)27(9,10)33-18-16-29-13-11-28(12-14-29)15-17-32-25(4,5)6/h22-23H,11-21H2,1-10H3/t22-,23-/m1/s1. The van der Waals surface area contributed by atoms with Crippen LogP contribution in [0.15, 0.2) is 0 Å². The number of hydrogen-bond donors (Lipinski definition) is 0. The molecule has 0 unspecified atom stereocenters. The van der Waals surface area contributed by atoms with Crippen molar-refractivity contribution >= 4 is 0 Å². The summed E-state index contributed by atoms with van der Waals surface area (Å²) in [6.07, 6.45) is 1.31. The van der Waals surface area contributed by atoms with Gasteiger partial charge < -0.3 is 9.47 Å². The minimum Gasteiger partial charge on any atom is -0.375 e. The third-order valence-electron chi connectivity index (χ3n) is 8.57. The highest BCUT2D eigenvalue weighted by molar-refractivity contribution is 5.10. The van der Waals surface area contributed by atoms with Gasteiger partial charge in [-0.25, -0.2) is 0 Å². The average molecular weight is 467 g/mol. The molecule has 0 aromatic rings. The molecule has 0 spiro atoms. The molecule has 0 N–H and O–H groups in total. The van der Waals surface area contributed by atoms with Crippen molar-refractivity contribution in [3.05, 3.63) is 0 Å². The normalized spacial score (nSPS) is 27.1. The quantitative estimate of drug-likeness (QED) is 0.517. The Bertz CT molecular complexity index is 629. The smallest absolute Gasteiger partial charge is 0.0804 e. The van der Waals surface area contributed by atoms with E-state index in [-0.39, 0.29) is 22.3 Å². The molecule has 6 heteroatoms. The van der Waals surface area contributed by atoms with Gasteiger partial charge in [0.1, 0.15) is 0 Å². The SMILES string of the molecule is CC(C)(C)OCCN1CCN(CCOC(C)(C)C(C)(C)N2C[C@H]3C[C@@H]2CN3C(C)(C)C)CC1. The van der Waals surface area contributed by atoms with Crippen LogP contribution in [-0.2, 0) is 9.47 Å². The highest BCUT2D eigenvalue weighted by Crippen LogP contribution is 2.43. The lowest BCUT2D eigenvalue weighted by Crippen LogP contribution is -2.65. The van der Waals surface area contributed by atoms with Crippen molar-refractivity contribution in [2.24, 2.45) is 0 Å². The zero-order chi connectivity index (χ0) is 24.7. The van der Waals surface area contributed by atoms with Crippen molar-refractivity contribution < 1.29 is 9.47 Å². The van der Waals surface area contributed by atoms with Gasteiger partial charge in [0.25, 0.3) is 0 Å². The Balaban J connectivity index is 1.40. The topological polar surface area (TPSA) is 31.4 Å². The highest BCUT2D eigenvalue weighted by atomic mass is 16.5. The van der Waals surface area contributed by atoms with E-state index < -0.39 is 0 Å². The number of piperazine rings is 2. The lowest BCUT2D eigenvalue weighted by Gasteiger charge is -2.53. The molecular weight excluding hydrogens is 412 g/mol. The largest absolute Gasteiger partial charge is 0.375 e. The summed E-state index contributed by atoms with van der Waals surface area (Å²) in [5, 5.41) is 0. The molecule has 0 radical (unpaired) electrons. The number of ether oxygens (including phenoxy) is 2. The van der Waals surface area contributed by atoms with Crippen molar-refractivity contribution in [2.75, 3.05) is 65.6 Å². The maximum Gasteiger partial charge on any atom is 0.0804 e. The molecule has 0 aromatic carbocycles. The summed E-state index contributed by atoms with van der Waals surface area (Å²) >= 11 is 0. The van der Waals surface area contributed by atoms with E-state index in [2.05, 4.69) is 88.8 Å². The molecule has 2 bridgehead atoms. The van der Waals surface area contributed by atoms with Crippen molar-refractivity contribution in [2.45, 2.75) is 110 Å². The first-order valence-corrected chi connectivity index (χ1v) is 13.4. The Hall–Kier alpha value is -0.240.